The van der Waals surface area contributed by atoms with Crippen LogP contribution in [0.1, 0.15) is 44.2 Å². The highest BCUT2D eigenvalue weighted by atomic mass is 35.5. The number of nitrogens with zero attached hydrogens (tertiary/aromatic N) is 1. The minimum Gasteiger partial charge on any atom is -0.491 e. The number of para-hydroxylation sites is 1. The molecule has 1 atom stereocenters. The molecule has 4 rings (SSSR count). The van der Waals surface area contributed by atoms with Crippen molar-refractivity contribution in [2.24, 2.45) is 0 Å². The van der Waals surface area contributed by atoms with Crippen molar-refractivity contribution in [3.8, 4) is 11.5 Å². The van der Waals surface area contributed by atoms with Crippen LogP contribution in [0, 0.1) is 0 Å². The topological polar surface area (TPSA) is 113 Å². The quantitative estimate of drug-likeness (QED) is 0.441. The van der Waals surface area contributed by atoms with Gasteiger partial charge in [0.25, 0.3) is 5.91 Å². The predicted octanol–water partition coefficient (Wildman–Crippen LogP) is 4.34. The summed E-state index contributed by atoms with van der Waals surface area (Å²) < 4.78 is 11.6. The molecule has 1 aliphatic heterocycles. The van der Waals surface area contributed by atoms with Gasteiger partial charge >= 0.3 is 5.97 Å². The Hall–Kier alpha value is -3.40. The average Bonchev–Trinajstić information content (AvgIpc) is 3.24. The lowest BCUT2D eigenvalue weighted by Gasteiger charge is -2.27. The number of imide groups is 1. The first-order valence-electron chi connectivity index (χ1n) is 10.3. The van der Waals surface area contributed by atoms with Crippen LogP contribution in [0.15, 0.2) is 47.8 Å². The highest BCUT2D eigenvalue weighted by molar-refractivity contribution is 7.12. The van der Waals surface area contributed by atoms with Crippen LogP contribution in [-0.4, -0.2) is 41.2 Å². The summed E-state index contributed by atoms with van der Waals surface area (Å²) in [4.78, 5) is 38.3. The van der Waals surface area contributed by atoms with Crippen LogP contribution in [0.2, 0.25) is 5.02 Å². The highest BCUT2D eigenvalue weighted by Crippen LogP contribution is 2.38. The van der Waals surface area contributed by atoms with Crippen molar-refractivity contribution in [1.29, 1.82) is 0 Å². The fraction of sp³-hybridized carbons (Fsp3) is 0.208. The minimum atomic E-state index is -1.23. The SMILES string of the molecule is CC(Oc1ccc(Cl)c(N2C(=O)Cc3csc(C(=O)O)c3C2=O)c1)c1ccccc1OCCO. The number of benzene rings is 2. The van der Waals surface area contributed by atoms with Gasteiger partial charge in [-0.1, -0.05) is 29.8 Å². The predicted molar refractivity (Wildman–Crippen MR) is 126 cm³/mol. The minimum absolute atomic E-state index is 0.00261. The van der Waals surface area contributed by atoms with Gasteiger partial charge in [-0.3, -0.25) is 9.59 Å². The Morgan fingerprint density at radius 1 is 1.24 bits per heavy atom. The molecule has 1 aliphatic rings. The Kier molecular flexibility index (Phi) is 6.87. The van der Waals surface area contributed by atoms with Crippen molar-refractivity contribution >= 4 is 46.4 Å². The highest BCUT2D eigenvalue weighted by Gasteiger charge is 2.37. The van der Waals surface area contributed by atoms with E-state index in [2.05, 4.69) is 0 Å². The molecule has 2 aromatic carbocycles. The van der Waals surface area contributed by atoms with E-state index in [9.17, 15) is 19.5 Å². The molecule has 0 fully saturated rings. The van der Waals surface area contributed by atoms with Crippen molar-refractivity contribution < 1.29 is 34.1 Å². The third-order valence-electron chi connectivity index (χ3n) is 5.25. The number of anilines is 1. The maximum Gasteiger partial charge on any atom is 0.346 e. The molecule has 2 heterocycles. The molecule has 0 saturated carbocycles. The number of carboxylic acid groups (broad SMARTS) is 1. The Morgan fingerprint density at radius 3 is 2.74 bits per heavy atom. The molecule has 2 amide bonds. The van der Waals surface area contributed by atoms with E-state index in [1.165, 1.54) is 17.5 Å². The molecule has 10 heteroatoms. The van der Waals surface area contributed by atoms with Gasteiger partial charge in [-0.15, -0.1) is 11.3 Å². The summed E-state index contributed by atoms with van der Waals surface area (Å²) in [5, 5.41) is 20.1. The molecule has 8 nitrogen and oxygen atoms in total. The summed E-state index contributed by atoms with van der Waals surface area (Å²) in [7, 11) is 0. The largest absolute Gasteiger partial charge is 0.491 e. The molecule has 2 N–H and O–H groups in total. The third-order valence-corrected chi connectivity index (χ3v) is 6.58. The standard InChI is InChI=1S/C24H20ClNO7S/c1-13(16-4-2-3-5-19(16)32-9-8-27)33-15-6-7-17(25)18(11-15)26-20(28)10-14-12-34-22(24(30)31)21(14)23(26)29/h2-7,11-13,27H,8-10H2,1H3,(H,30,31). The van der Waals surface area contributed by atoms with E-state index in [1.54, 1.807) is 18.2 Å². The number of aliphatic hydroxyl groups is 1. The second kappa shape index (κ2) is 9.84. The number of aliphatic hydroxyl groups excluding tert-OH is 1. The Bertz CT molecular complexity index is 1270. The van der Waals surface area contributed by atoms with Gasteiger partial charge < -0.3 is 19.7 Å². The van der Waals surface area contributed by atoms with E-state index in [0.717, 1.165) is 21.8 Å². The maximum atomic E-state index is 13.2. The molecule has 0 bridgehead atoms. The first-order valence-corrected chi connectivity index (χ1v) is 11.6. The normalized spacial score (nSPS) is 14.0. The van der Waals surface area contributed by atoms with Gasteiger partial charge in [-0.2, -0.15) is 0 Å². The zero-order valence-corrected chi connectivity index (χ0v) is 19.6. The monoisotopic (exact) mass is 501 g/mol. The Morgan fingerprint density at radius 2 is 2.00 bits per heavy atom. The van der Waals surface area contributed by atoms with Gasteiger partial charge in [0, 0.05) is 11.6 Å². The zero-order valence-electron chi connectivity index (χ0n) is 18.0. The van der Waals surface area contributed by atoms with Gasteiger partial charge in [0.1, 0.15) is 29.1 Å². The molecule has 0 aliphatic carbocycles. The molecule has 176 valence electrons. The second-order valence-electron chi connectivity index (χ2n) is 7.46. The Labute approximate surface area is 203 Å². The third kappa shape index (κ3) is 4.50. The van der Waals surface area contributed by atoms with E-state index in [-0.39, 0.29) is 40.8 Å². The molecular formula is C24H20ClNO7S. The number of amides is 2. The number of ether oxygens (including phenoxy) is 2. The van der Waals surface area contributed by atoms with Crippen LogP contribution < -0.4 is 14.4 Å². The van der Waals surface area contributed by atoms with Gasteiger partial charge in [0.15, 0.2) is 0 Å². The number of hydrogen-bond acceptors (Lipinski definition) is 7. The molecule has 0 saturated heterocycles. The van der Waals surface area contributed by atoms with Crippen LogP contribution >= 0.6 is 22.9 Å². The van der Waals surface area contributed by atoms with E-state index in [4.69, 9.17) is 26.2 Å². The lowest BCUT2D eigenvalue weighted by molar-refractivity contribution is -0.117. The fourth-order valence-electron chi connectivity index (χ4n) is 3.73. The summed E-state index contributed by atoms with van der Waals surface area (Å²) in [6, 6.07) is 11.8. The van der Waals surface area contributed by atoms with Crippen molar-refractivity contribution in [2.75, 3.05) is 18.1 Å². The number of rotatable bonds is 8. The van der Waals surface area contributed by atoms with Crippen LogP contribution in [0.25, 0.3) is 0 Å². The Balaban J connectivity index is 1.64. The average molecular weight is 502 g/mol. The summed E-state index contributed by atoms with van der Waals surface area (Å²) in [6.07, 6.45) is -0.586. The molecule has 0 spiro atoms. The van der Waals surface area contributed by atoms with E-state index in [0.29, 0.717) is 17.1 Å². The van der Waals surface area contributed by atoms with Crippen LogP contribution in [0.4, 0.5) is 5.69 Å². The van der Waals surface area contributed by atoms with Crippen molar-refractivity contribution in [3.05, 3.63) is 74.4 Å². The number of carboxylic acids is 1. The van der Waals surface area contributed by atoms with Gasteiger partial charge in [0.05, 0.1) is 29.3 Å². The maximum absolute atomic E-state index is 13.2. The van der Waals surface area contributed by atoms with E-state index in [1.807, 2.05) is 19.1 Å². The van der Waals surface area contributed by atoms with Crippen molar-refractivity contribution in [2.45, 2.75) is 19.4 Å². The first kappa shape index (κ1) is 23.7. The summed E-state index contributed by atoms with van der Waals surface area (Å²) in [5.74, 6) is -1.57. The number of carbonyl (C=O) groups excluding carboxylic acids is 2. The van der Waals surface area contributed by atoms with E-state index >= 15 is 0 Å². The molecule has 1 aromatic heterocycles. The molecule has 3 aromatic rings. The second-order valence-corrected chi connectivity index (χ2v) is 8.75. The first-order chi connectivity index (χ1) is 16.3. The number of halogens is 1. The number of thiophene rings is 1. The lowest BCUT2D eigenvalue weighted by Crippen LogP contribution is -2.42. The van der Waals surface area contributed by atoms with Gasteiger partial charge in [0.2, 0.25) is 5.91 Å². The summed E-state index contributed by atoms with van der Waals surface area (Å²) in [5.41, 5.74) is 1.25. The van der Waals surface area contributed by atoms with E-state index < -0.39 is 23.9 Å². The van der Waals surface area contributed by atoms with Crippen molar-refractivity contribution in [3.63, 3.8) is 0 Å². The molecule has 1 unspecified atom stereocenters. The zero-order chi connectivity index (χ0) is 24.4. The summed E-state index contributed by atoms with van der Waals surface area (Å²) >= 11 is 7.25. The number of fused-ring (bicyclic) bond motifs is 1. The molecule has 34 heavy (non-hydrogen) atoms. The van der Waals surface area contributed by atoms with Gasteiger partial charge in [-0.25, -0.2) is 9.69 Å². The summed E-state index contributed by atoms with van der Waals surface area (Å²) in [6.45, 7) is 1.82. The van der Waals surface area contributed by atoms with Gasteiger partial charge in [-0.05, 0) is 36.1 Å². The molecule has 0 radical (unpaired) electrons. The van der Waals surface area contributed by atoms with Crippen molar-refractivity contribution in [1.82, 2.24) is 0 Å². The molecular weight excluding hydrogens is 482 g/mol. The number of carbonyl (C=O) groups is 3. The number of aromatic carboxylic acids is 1. The van der Waals surface area contributed by atoms with Crippen LogP contribution in [0.5, 0.6) is 11.5 Å². The smallest absolute Gasteiger partial charge is 0.346 e. The lowest BCUT2D eigenvalue weighted by atomic mass is 10.0. The van der Waals surface area contributed by atoms with Crippen LogP contribution in [-0.2, 0) is 11.2 Å². The number of hydrogen-bond donors (Lipinski definition) is 2. The fourth-order valence-corrected chi connectivity index (χ4v) is 4.83. The van der Waals surface area contributed by atoms with Crippen LogP contribution in [0.3, 0.4) is 0 Å².